The van der Waals surface area contributed by atoms with Gasteiger partial charge in [-0.3, -0.25) is 14.4 Å². The number of ketones is 1. The van der Waals surface area contributed by atoms with Gasteiger partial charge in [-0.15, -0.1) is 0 Å². The van der Waals surface area contributed by atoms with Crippen LogP contribution in [0.4, 0.5) is 5.69 Å². The number of carbonyl (C=O) groups is 3. The molecule has 2 aliphatic rings. The van der Waals surface area contributed by atoms with Crippen molar-refractivity contribution in [2.45, 2.75) is 17.7 Å². The lowest BCUT2D eigenvalue weighted by molar-refractivity contribution is -0.117. The Balaban J connectivity index is 1.60. The van der Waals surface area contributed by atoms with Crippen LogP contribution in [0.2, 0.25) is 0 Å². The topological polar surface area (TPSA) is 91.8 Å². The number of fused-ring (bicyclic) bond motifs is 1. The van der Waals surface area contributed by atoms with Crippen LogP contribution in [0.3, 0.4) is 0 Å². The van der Waals surface area contributed by atoms with Crippen molar-refractivity contribution in [3.63, 3.8) is 0 Å². The summed E-state index contributed by atoms with van der Waals surface area (Å²) < 4.78 is 25.8. The third-order valence-corrected chi connectivity index (χ3v) is 6.54. The maximum absolute atomic E-state index is 12.7. The van der Waals surface area contributed by atoms with E-state index < -0.39 is 28.3 Å². The Morgan fingerprint density at radius 1 is 1.04 bits per heavy atom. The molecule has 2 aromatic carbocycles. The van der Waals surface area contributed by atoms with Gasteiger partial charge in [0.25, 0.3) is 15.9 Å². The summed E-state index contributed by atoms with van der Waals surface area (Å²) in [7, 11) is -4.03. The zero-order chi connectivity index (χ0) is 19.2. The Bertz CT molecular complexity index is 1080. The molecule has 0 unspecified atom stereocenters. The van der Waals surface area contributed by atoms with Gasteiger partial charge < -0.3 is 4.90 Å². The lowest BCUT2D eigenvalue weighted by Crippen LogP contribution is -2.35. The fraction of sp³-hybridized carbons (Fsp3) is 0.211. The van der Waals surface area contributed by atoms with E-state index in [1.807, 2.05) is 0 Å². The molecule has 0 N–H and O–H groups in total. The summed E-state index contributed by atoms with van der Waals surface area (Å²) in [6.45, 7) is 0.0119. The second kappa shape index (κ2) is 6.31. The third-order valence-electron chi connectivity index (χ3n) is 4.75. The van der Waals surface area contributed by atoms with Crippen LogP contribution < -0.4 is 4.90 Å². The van der Waals surface area contributed by atoms with Gasteiger partial charge in [-0.25, -0.2) is 12.7 Å². The minimum Gasteiger partial charge on any atom is -0.312 e. The van der Waals surface area contributed by atoms with Gasteiger partial charge in [0.2, 0.25) is 5.91 Å². The SMILES string of the molecule is O=C(CN1C(=O)c2ccccc2S1(=O)=O)c1cccc(N2CCCC2=O)c1. The van der Waals surface area contributed by atoms with Crippen molar-refractivity contribution in [2.75, 3.05) is 18.0 Å². The smallest absolute Gasteiger partial charge is 0.269 e. The number of anilines is 1. The minimum absolute atomic E-state index is 0.00709. The predicted octanol–water partition coefficient (Wildman–Crippen LogP) is 1.84. The van der Waals surface area contributed by atoms with Crippen molar-refractivity contribution in [2.24, 2.45) is 0 Å². The van der Waals surface area contributed by atoms with E-state index in [-0.39, 0.29) is 21.9 Å². The lowest BCUT2D eigenvalue weighted by atomic mass is 10.1. The minimum atomic E-state index is -4.03. The Labute approximate surface area is 156 Å². The number of benzene rings is 2. The molecule has 2 aromatic rings. The molecule has 2 aliphatic heterocycles. The molecule has 0 atom stereocenters. The summed E-state index contributed by atoms with van der Waals surface area (Å²) in [6, 6.07) is 12.4. The highest BCUT2D eigenvalue weighted by Crippen LogP contribution is 2.30. The fourth-order valence-electron chi connectivity index (χ4n) is 3.38. The van der Waals surface area contributed by atoms with Gasteiger partial charge in [0.1, 0.15) is 11.4 Å². The highest BCUT2D eigenvalue weighted by atomic mass is 32.2. The van der Waals surface area contributed by atoms with Gasteiger partial charge in [-0.2, -0.15) is 0 Å². The summed E-state index contributed by atoms with van der Waals surface area (Å²) in [5.74, 6) is -1.22. The predicted molar refractivity (Wildman–Crippen MR) is 97.0 cm³/mol. The number of sulfonamides is 1. The van der Waals surface area contributed by atoms with Gasteiger partial charge in [-0.1, -0.05) is 24.3 Å². The van der Waals surface area contributed by atoms with Crippen LogP contribution in [0.5, 0.6) is 0 Å². The quantitative estimate of drug-likeness (QED) is 0.750. The Morgan fingerprint density at radius 2 is 1.81 bits per heavy atom. The number of amides is 2. The van der Waals surface area contributed by atoms with E-state index >= 15 is 0 Å². The molecule has 0 spiro atoms. The first-order valence-electron chi connectivity index (χ1n) is 8.49. The molecule has 2 amide bonds. The first-order valence-corrected chi connectivity index (χ1v) is 9.93. The summed E-state index contributed by atoms with van der Waals surface area (Å²) in [5.41, 5.74) is 0.926. The van der Waals surface area contributed by atoms with Crippen LogP contribution >= 0.6 is 0 Å². The van der Waals surface area contributed by atoms with Gasteiger partial charge >= 0.3 is 0 Å². The molecule has 1 fully saturated rings. The summed E-state index contributed by atoms with van der Waals surface area (Å²) >= 11 is 0. The second-order valence-electron chi connectivity index (χ2n) is 6.44. The van der Waals surface area contributed by atoms with Crippen molar-refractivity contribution >= 4 is 33.3 Å². The highest BCUT2D eigenvalue weighted by Gasteiger charge is 2.41. The molecule has 27 heavy (non-hydrogen) atoms. The van der Waals surface area contributed by atoms with E-state index in [0.29, 0.717) is 23.0 Å². The molecule has 0 radical (unpaired) electrons. The van der Waals surface area contributed by atoms with Crippen molar-refractivity contribution in [3.05, 3.63) is 59.7 Å². The van der Waals surface area contributed by atoms with Crippen LogP contribution in [0.1, 0.15) is 33.6 Å². The van der Waals surface area contributed by atoms with Gasteiger partial charge in [0.15, 0.2) is 5.78 Å². The monoisotopic (exact) mass is 384 g/mol. The first kappa shape index (κ1) is 17.4. The van der Waals surface area contributed by atoms with E-state index in [2.05, 4.69) is 0 Å². The lowest BCUT2D eigenvalue weighted by Gasteiger charge is -2.17. The largest absolute Gasteiger partial charge is 0.312 e. The molecule has 0 aliphatic carbocycles. The molecular weight excluding hydrogens is 368 g/mol. The maximum Gasteiger partial charge on any atom is 0.269 e. The second-order valence-corrected chi connectivity index (χ2v) is 8.27. The number of Topliss-reactive ketones (excluding diaryl/α,β-unsaturated/α-hetero) is 1. The maximum atomic E-state index is 12.7. The Hall–Kier alpha value is -3.00. The molecule has 0 aromatic heterocycles. The van der Waals surface area contributed by atoms with E-state index in [1.165, 1.54) is 18.2 Å². The molecule has 138 valence electrons. The molecule has 8 heteroatoms. The van der Waals surface area contributed by atoms with E-state index in [1.54, 1.807) is 35.2 Å². The van der Waals surface area contributed by atoms with Gasteiger partial charge in [0.05, 0.1) is 5.56 Å². The molecule has 4 rings (SSSR count). The number of hydrogen-bond donors (Lipinski definition) is 0. The number of nitrogens with zero attached hydrogens (tertiary/aromatic N) is 2. The summed E-state index contributed by atoms with van der Waals surface area (Å²) in [6.07, 6.45) is 1.23. The molecular formula is C19H16N2O5S. The number of hydrogen-bond acceptors (Lipinski definition) is 5. The fourth-order valence-corrected chi connectivity index (χ4v) is 4.90. The summed E-state index contributed by atoms with van der Waals surface area (Å²) in [4.78, 5) is 38.5. The van der Waals surface area contributed by atoms with Crippen LogP contribution in [0.25, 0.3) is 0 Å². The average molecular weight is 384 g/mol. The average Bonchev–Trinajstić information content (AvgIpc) is 3.18. The van der Waals surface area contributed by atoms with Crippen LogP contribution in [0.15, 0.2) is 53.4 Å². The number of rotatable bonds is 4. The van der Waals surface area contributed by atoms with Crippen LogP contribution in [-0.4, -0.2) is 43.4 Å². The van der Waals surface area contributed by atoms with E-state index in [9.17, 15) is 22.8 Å². The van der Waals surface area contributed by atoms with E-state index in [0.717, 1.165) is 6.42 Å². The molecule has 7 nitrogen and oxygen atoms in total. The van der Waals surface area contributed by atoms with Crippen molar-refractivity contribution < 1.29 is 22.8 Å². The highest BCUT2D eigenvalue weighted by molar-refractivity contribution is 7.90. The molecule has 2 heterocycles. The zero-order valence-corrected chi connectivity index (χ0v) is 15.1. The molecule has 1 saturated heterocycles. The van der Waals surface area contributed by atoms with Crippen molar-refractivity contribution in [3.8, 4) is 0 Å². The third kappa shape index (κ3) is 2.82. The van der Waals surface area contributed by atoms with Crippen LogP contribution in [0, 0.1) is 0 Å². The zero-order valence-electron chi connectivity index (χ0n) is 14.3. The Kier molecular flexibility index (Phi) is 4.07. The molecule has 0 saturated carbocycles. The van der Waals surface area contributed by atoms with Gasteiger partial charge in [-0.05, 0) is 30.7 Å². The van der Waals surface area contributed by atoms with Crippen molar-refractivity contribution in [1.82, 2.24) is 4.31 Å². The first-order chi connectivity index (χ1) is 12.9. The van der Waals surface area contributed by atoms with Crippen LogP contribution in [-0.2, 0) is 14.8 Å². The normalized spacial score (nSPS) is 18.1. The molecule has 0 bridgehead atoms. The number of carbonyl (C=O) groups excluding carboxylic acids is 3. The summed E-state index contributed by atoms with van der Waals surface area (Å²) in [5, 5.41) is 0. The van der Waals surface area contributed by atoms with E-state index in [4.69, 9.17) is 0 Å². The standard InChI is InChI=1S/C19H16N2O5S/c22-16(13-5-3-6-14(11-13)20-10-4-9-18(20)23)12-21-19(24)15-7-1-2-8-17(15)27(21,25)26/h1-3,5-8,11H,4,9-10,12H2. The Morgan fingerprint density at radius 3 is 2.52 bits per heavy atom. The van der Waals surface area contributed by atoms with Crippen molar-refractivity contribution in [1.29, 1.82) is 0 Å². The van der Waals surface area contributed by atoms with Gasteiger partial charge in [0, 0.05) is 24.2 Å².